The number of anilines is 2. The molecule has 0 saturated carbocycles. The Bertz CT molecular complexity index is 843. The first-order chi connectivity index (χ1) is 10.5. The number of hydrogen-bond acceptors (Lipinski definition) is 7. The molecule has 0 atom stereocenters. The number of nitrogens with zero attached hydrogens (tertiary/aromatic N) is 7. The van der Waals surface area contributed by atoms with E-state index in [1.165, 1.54) is 16.0 Å². The second-order valence-corrected chi connectivity index (χ2v) is 5.75. The molecular weight excluding hydrogens is 300 g/mol. The van der Waals surface area contributed by atoms with E-state index in [1.807, 2.05) is 51.5 Å². The van der Waals surface area contributed by atoms with Crippen LogP contribution in [0, 0.1) is 0 Å². The van der Waals surface area contributed by atoms with Gasteiger partial charge in [-0.2, -0.15) is 9.67 Å². The van der Waals surface area contributed by atoms with Crippen LogP contribution in [0.15, 0.2) is 35.3 Å². The van der Waals surface area contributed by atoms with Crippen molar-refractivity contribution in [3.8, 4) is 5.13 Å². The number of benzene rings is 1. The van der Waals surface area contributed by atoms with E-state index < -0.39 is 0 Å². The summed E-state index contributed by atoms with van der Waals surface area (Å²) in [6.45, 7) is 0. The highest BCUT2D eigenvalue weighted by molar-refractivity contribution is 7.11. The maximum absolute atomic E-state index is 5.91. The third-order valence-electron chi connectivity index (χ3n) is 2.88. The van der Waals surface area contributed by atoms with Crippen molar-refractivity contribution in [2.45, 2.75) is 0 Å². The number of aryl methyl sites for hydroxylation is 1. The van der Waals surface area contributed by atoms with E-state index in [0.717, 1.165) is 10.5 Å². The van der Waals surface area contributed by atoms with E-state index >= 15 is 0 Å². The monoisotopic (exact) mass is 316 g/mol. The van der Waals surface area contributed by atoms with Gasteiger partial charge in [0, 0.05) is 21.1 Å². The van der Waals surface area contributed by atoms with Crippen molar-refractivity contribution in [3.05, 3.63) is 35.1 Å². The van der Waals surface area contributed by atoms with E-state index in [0.29, 0.717) is 17.0 Å². The molecule has 2 N–H and O–H groups in total. The molecule has 2 heterocycles. The molecule has 3 aromatic rings. The number of nitrogens with two attached hydrogens (primary N) is 1. The zero-order chi connectivity index (χ0) is 15.7. The van der Waals surface area contributed by atoms with Gasteiger partial charge in [0.15, 0.2) is 0 Å². The molecule has 0 spiro atoms. The van der Waals surface area contributed by atoms with Crippen molar-refractivity contribution in [2.75, 3.05) is 24.7 Å². The van der Waals surface area contributed by atoms with Gasteiger partial charge in [-0.25, -0.2) is 9.67 Å². The average molecular weight is 316 g/mol. The first-order valence-corrected chi connectivity index (χ1v) is 7.40. The molecule has 9 heteroatoms. The van der Waals surface area contributed by atoms with Gasteiger partial charge < -0.3 is 10.6 Å². The highest BCUT2D eigenvalue weighted by Crippen LogP contribution is 2.15. The van der Waals surface area contributed by atoms with Gasteiger partial charge in [-0.1, -0.05) is 29.5 Å². The molecule has 1 aromatic carbocycles. The van der Waals surface area contributed by atoms with E-state index in [9.17, 15) is 0 Å². The third-order valence-corrected chi connectivity index (χ3v) is 3.85. The molecule has 0 radical (unpaired) electrons. The van der Waals surface area contributed by atoms with Crippen molar-refractivity contribution in [3.63, 3.8) is 0 Å². The van der Waals surface area contributed by atoms with Gasteiger partial charge in [-0.15, -0.1) is 10.2 Å². The summed E-state index contributed by atoms with van der Waals surface area (Å²) in [7, 11) is 5.55. The number of para-hydroxylation sites is 1. The molecule has 114 valence electrons. The lowest BCUT2D eigenvalue weighted by molar-refractivity contribution is 0.705. The van der Waals surface area contributed by atoms with Crippen LogP contribution in [0.3, 0.4) is 0 Å². The Morgan fingerprint density at radius 1 is 1.18 bits per heavy atom. The summed E-state index contributed by atoms with van der Waals surface area (Å²) in [5.41, 5.74) is 6.78. The quantitative estimate of drug-likeness (QED) is 0.777. The van der Waals surface area contributed by atoms with Gasteiger partial charge in [0.05, 0.1) is 5.69 Å². The summed E-state index contributed by atoms with van der Waals surface area (Å²) in [6.07, 6.45) is 0. The van der Waals surface area contributed by atoms with E-state index in [1.54, 1.807) is 9.58 Å². The Hall–Kier alpha value is -2.68. The van der Waals surface area contributed by atoms with Gasteiger partial charge >= 0.3 is 0 Å². The average Bonchev–Trinajstić information content (AvgIpc) is 3.04. The topological polar surface area (TPSA) is 90.2 Å². The van der Waals surface area contributed by atoms with Crippen molar-refractivity contribution in [2.24, 2.45) is 12.0 Å². The Kier molecular flexibility index (Phi) is 3.63. The van der Waals surface area contributed by atoms with Crippen LogP contribution >= 0.6 is 11.3 Å². The third kappa shape index (κ3) is 2.70. The first-order valence-electron chi connectivity index (χ1n) is 6.59. The Morgan fingerprint density at radius 2 is 1.91 bits per heavy atom. The smallest absolute Gasteiger partial charge is 0.246 e. The van der Waals surface area contributed by atoms with Crippen molar-refractivity contribution in [1.82, 2.24) is 24.5 Å². The molecule has 8 nitrogen and oxygen atoms in total. The summed E-state index contributed by atoms with van der Waals surface area (Å²) in [6, 6.07) is 9.72. The lowest BCUT2D eigenvalue weighted by Crippen LogP contribution is -2.11. The second-order valence-electron chi connectivity index (χ2n) is 4.81. The zero-order valence-corrected chi connectivity index (χ0v) is 13.3. The van der Waals surface area contributed by atoms with Gasteiger partial charge in [-0.05, 0) is 12.1 Å². The maximum Gasteiger partial charge on any atom is 0.246 e. The molecule has 0 aliphatic heterocycles. The lowest BCUT2D eigenvalue weighted by atomic mass is 10.3. The zero-order valence-electron chi connectivity index (χ0n) is 12.5. The van der Waals surface area contributed by atoms with E-state index in [2.05, 4.69) is 20.2 Å². The van der Waals surface area contributed by atoms with Crippen LogP contribution in [0.4, 0.5) is 17.6 Å². The largest absolute Gasteiger partial charge is 0.368 e. The fourth-order valence-electron chi connectivity index (χ4n) is 1.78. The van der Waals surface area contributed by atoms with Gasteiger partial charge in [-0.3, -0.25) is 0 Å². The summed E-state index contributed by atoms with van der Waals surface area (Å²) < 4.78 is 3.22. The standard InChI is InChI=1S/C13H16N8S/c1-19(2)11-16-10(14)21(17-11)13-18-20(3)12(22-13)15-9-7-5-4-6-8-9/h4-8H,1-3H3,(H2,14,16,17). The number of rotatable bonds is 3. The Morgan fingerprint density at radius 3 is 2.55 bits per heavy atom. The highest BCUT2D eigenvalue weighted by Gasteiger charge is 2.13. The molecule has 0 fully saturated rings. The predicted molar refractivity (Wildman–Crippen MR) is 86.4 cm³/mol. The minimum Gasteiger partial charge on any atom is -0.368 e. The normalized spacial score (nSPS) is 11.9. The number of nitrogen functional groups attached to an aromatic ring is 1. The van der Waals surface area contributed by atoms with Gasteiger partial charge in [0.1, 0.15) is 0 Å². The Balaban J connectivity index is 2.04. The summed E-state index contributed by atoms with van der Waals surface area (Å²) in [4.78, 5) is 11.3. The summed E-state index contributed by atoms with van der Waals surface area (Å²) in [5, 5.41) is 9.37. The van der Waals surface area contributed by atoms with Gasteiger partial charge in [0.2, 0.25) is 21.8 Å². The lowest BCUT2D eigenvalue weighted by Gasteiger charge is -2.03. The number of aromatic nitrogens is 5. The Labute approximate surface area is 131 Å². The van der Waals surface area contributed by atoms with Crippen LogP contribution < -0.4 is 15.4 Å². The van der Waals surface area contributed by atoms with Crippen LogP contribution in [0.5, 0.6) is 0 Å². The predicted octanol–water partition coefficient (Wildman–Crippen LogP) is 0.943. The van der Waals surface area contributed by atoms with Gasteiger partial charge in [0.25, 0.3) is 0 Å². The maximum atomic E-state index is 5.91. The number of hydrogen-bond donors (Lipinski definition) is 1. The molecule has 0 aliphatic rings. The molecule has 22 heavy (non-hydrogen) atoms. The minimum absolute atomic E-state index is 0.296. The summed E-state index contributed by atoms with van der Waals surface area (Å²) in [5.74, 6) is 0.834. The molecule has 0 aliphatic carbocycles. The van der Waals surface area contributed by atoms with Crippen molar-refractivity contribution < 1.29 is 0 Å². The molecule has 3 rings (SSSR count). The molecule has 0 amide bonds. The SMILES string of the molecule is CN(C)c1nc(N)n(-c2nn(C)c(=Nc3ccccc3)s2)n1. The van der Waals surface area contributed by atoms with Crippen LogP contribution in [0.25, 0.3) is 5.13 Å². The van der Waals surface area contributed by atoms with E-state index in [4.69, 9.17) is 5.73 Å². The van der Waals surface area contributed by atoms with Crippen molar-refractivity contribution >= 4 is 28.9 Å². The molecule has 0 bridgehead atoms. The fourth-order valence-corrected chi connectivity index (χ4v) is 2.65. The summed E-state index contributed by atoms with van der Waals surface area (Å²) >= 11 is 1.39. The molecule has 0 saturated heterocycles. The fraction of sp³-hybridized carbons (Fsp3) is 0.231. The van der Waals surface area contributed by atoms with Crippen LogP contribution in [0.2, 0.25) is 0 Å². The van der Waals surface area contributed by atoms with E-state index in [-0.39, 0.29) is 0 Å². The van der Waals surface area contributed by atoms with Crippen molar-refractivity contribution in [1.29, 1.82) is 0 Å². The molecular formula is C13H16N8S. The van der Waals surface area contributed by atoms with Crippen LogP contribution in [0.1, 0.15) is 0 Å². The molecule has 2 aromatic heterocycles. The first kappa shape index (κ1) is 14.3. The van der Waals surface area contributed by atoms with Crippen LogP contribution in [-0.4, -0.2) is 38.6 Å². The minimum atomic E-state index is 0.296. The van der Waals surface area contributed by atoms with Crippen LogP contribution in [-0.2, 0) is 7.05 Å². The highest BCUT2D eigenvalue weighted by atomic mass is 32.1. The molecule has 0 unspecified atom stereocenters. The second kappa shape index (κ2) is 5.60.